The number of methoxy groups -OCH3 is 1. The van der Waals surface area contributed by atoms with Crippen LogP contribution in [-0.2, 0) is 16.6 Å². The summed E-state index contributed by atoms with van der Waals surface area (Å²) in [5.41, 5.74) is 1.23. The van der Waals surface area contributed by atoms with E-state index in [2.05, 4.69) is 10.4 Å². The largest absolute Gasteiger partial charge is 0.481 e. The minimum atomic E-state index is -1.00. The molecule has 7 heteroatoms. The summed E-state index contributed by atoms with van der Waals surface area (Å²) in [5, 5.41) is 15.7. The van der Waals surface area contributed by atoms with E-state index in [9.17, 15) is 9.59 Å². The van der Waals surface area contributed by atoms with Gasteiger partial charge < -0.3 is 15.2 Å². The summed E-state index contributed by atoms with van der Waals surface area (Å²) < 4.78 is 6.71. The molecule has 1 aromatic rings. The van der Waals surface area contributed by atoms with Gasteiger partial charge in [0.2, 0.25) is 11.8 Å². The van der Waals surface area contributed by atoms with Crippen LogP contribution < -0.4 is 10.1 Å². The number of nitrogens with one attached hydrogen (secondary N) is 1. The molecular weight excluding hydrogens is 238 g/mol. The lowest BCUT2D eigenvalue weighted by molar-refractivity contribution is -0.137. The highest BCUT2D eigenvalue weighted by molar-refractivity contribution is 5.75. The summed E-state index contributed by atoms with van der Waals surface area (Å²) in [6.07, 6.45) is -0.220. The summed E-state index contributed by atoms with van der Waals surface area (Å²) in [6.45, 7) is 3.08. The molecule has 100 valence electrons. The Balaban J connectivity index is 3.18. The molecule has 0 bridgehead atoms. The number of hydrogen-bond acceptors (Lipinski definition) is 4. The number of aryl methyl sites for hydroxylation is 2. The first kappa shape index (κ1) is 14.0. The van der Waals surface area contributed by atoms with E-state index >= 15 is 0 Å². The molecule has 0 unspecified atom stereocenters. The summed E-state index contributed by atoms with van der Waals surface area (Å²) >= 11 is 0. The zero-order chi connectivity index (χ0) is 13.9. The van der Waals surface area contributed by atoms with Crippen LogP contribution in [0.2, 0.25) is 0 Å². The maximum absolute atomic E-state index is 11.2. The molecule has 18 heavy (non-hydrogen) atoms. The van der Waals surface area contributed by atoms with Gasteiger partial charge in [0, 0.05) is 14.0 Å². The van der Waals surface area contributed by atoms with Crippen molar-refractivity contribution in [1.29, 1.82) is 0 Å². The number of ether oxygens (including phenoxy) is 1. The molecule has 1 rings (SSSR count). The third kappa shape index (κ3) is 2.99. The minimum Gasteiger partial charge on any atom is -0.481 e. The number of carbonyl (C=O) groups is 2. The summed E-state index contributed by atoms with van der Waals surface area (Å²) in [7, 11) is 3.17. The van der Waals surface area contributed by atoms with Crippen LogP contribution >= 0.6 is 0 Å². The third-order valence-corrected chi connectivity index (χ3v) is 2.51. The van der Waals surface area contributed by atoms with E-state index in [0.29, 0.717) is 17.1 Å². The van der Waals surface area contributed by atoms with Crippen molar-refractivity contribution >= 4 is 11.9 Å². The fourth-order valence-electron chi connectivity index (χ4n) is 1.94. The van der Waals surface area contributed by atoms with Crippen molar-refractivity contribution in [3.05, 3.63) is 11.3 Å². The van der Waals surface area contributed by atoms with Crippen molar-refractivity contribution < 1.29 is 19.4 Å². The average Bonchev–Trinajstić information content (AvgIpc) is 2.50. The van der Waals surface area contributed by atoms with E-state index in [1.165, 1.54) is 18.7 Å². The molecule has 1 atom stereocenters. The molecule has 1 heterocycles. The second-order valence-electron chi connectivity index (χ2n) is 3.98. The average molecular weight is 255 g/mol. The monoisotopic (exact) mass is 255 g/mol. The first-order chi connectivity index (χ1) is 8.36. The molecule has 0 saturated heterocycles. The van der Waals surface area contributed by atoms with Gasteiger partial charge in [-0.1, -0.05) is 0 Å². The molecule has 0 aromatic carbocycles. The van der Waals surface area contributed by atoms with E-state index < -0.39 is 12.0 Å². The first-order valence-electron chi connectivity index (χ1n) is 5.43. The normalized spacial score (nSPS) is 12.0. The smallest absolute Gasteiger partial charge is 0.305 e. The van der Waals surface area contributed by atoms with Gasteiger partial charge in [-0.25, -0.2) is 4.68 Å². The first-order valence-corrected chi connectivity index (χ1v) is 5.43. The van der Waals surface area contributed by atoms with E-state index in [0.717, 1.165) is 0 Å². The Kier molecular flexibility index (Phi) is 4.30. The van der Waals surface area contributed by atoms with Crippen LogP contribution in [0.3, 0.4) is 0 Å². The Labute approximate surface area is 105 Å². The van der Waals surface area contributed by atoms with Crippen LogP contribution in [0.5, 0.6) is 5.88 Å². The molecule has 0 radical (unpaired) electrons. The summed E-state index contributed by atoms with van der Waals surface area (Å²) in [6, 6.07) is -0.649. The van der Waals surface area contributed by atoms with Crippen LogP contribution in [0.4, 0.5) is 0 Å². The Morgan fingerprint density at radius 3 is 2.61 bits per heavy atom. The molecule has 1 amide bonds. The van der Waals surface area contributed by atoms with E-state index in [1.807, 2.05) is 0 Å². The van der Waals surface area contributed by atoms with Crippen molar-refractivity contribution in [3.63, 3.8) is 0 Å². The topological polar surface area (TPSA) is 93.4 Å². The van der Waals surface area contributed by atoms with Crippen LogP contribution in [0.25, 0.3) is 0 Å². The second kappa shape index (κ2) is 5.52. The maximum atomic E-state index is 11.2. The lowest BCUT2D eigenvalue weighted by Crippen LogP contribution is -2.28. The standard InChI is InChI=1S/C11H17N3O4/c1-6-10(11(18-4)14(3)13-6)8(5-9(16)17)12-7(2)15/h8H,5H2,1-4H3,(H,12,15)(H,16,17)/t8-/m1/s1. The minimum absolute atomic E-state index is 0.220. The summed E-state index contributed by atoms with van der Waals surface area (Å²) in [5.74, 6) is -0.849. The Morgan fingerprint density at radius 2 is 2.17 bits per heavy atom. The van der Waals surface area contributed by atoms with Crippen molar-refractivity contribution in [1.82, 2.24) is 15.1 Å². The molecule has 0 saturated carbocycles. The number of hydrogen-bond donors (Lipinski definition) is 2. The number of carboxylic acids is 1. The van der Waals surface area contributed by atoms with E-state index in [4.69, 9.17) is 9.84 Å². The zero-order valence-electron chi connectivity index (χ0n) is 10.9. The van der Waals surface area contributed by atoms with Gasteiger partial charge in [0.15, 0.2) is 0 Å². The highest BCUT2D eigenvalue weighted by Crippen LogP contribution is 2.29. The zero-order valence-corrected chi connectivity index (χ0v) is 10.9. The molecule has 7 nitrogen and oxygen atoms in total. The Morgan fingerprint density at radius 1 is 1.56 bits per heavy atom. The highest BCUT2D eigenvalue weighted by atomic mass is 16.5. The Hall–Kier alpha value is -2.05. The number of rotatable bonds is 5. The molecule has 2 N–H and O–H groups in total. The fourth-order valence-corrected chi connectivity index (χ4v) is 1.94. The van der Waals surface area contributed by atoms with Gasteiger partial charge in [-0.2, -0.15) is 5.10 Å². The number of amides is 1. The number of carbonyl (C=O) groups excluding carboxylic acids is 1. The number of aromatic nitrogens is 2. The number of carboxylic acid groups (broad SMARTS) is 1. The van der Waals surface area contributed by atoms with E-state index in [1.54, 1.807) is 14.0 Å². The van der Waals surface area contributed by atoms with Crippen molar-refractivity contribution in [3.8, 4) is 5.88 Å². The Bertz CT molecular complexity index is 451. The molecule has 0 aliphatic rings. The lowest BCUT2D eigenvalue weighted by Gasteiger charge is -2.17. The second-order valence-corrected chi connectivity index (χ2v) is 3.98. The molecule has 1 aromatic heterocycles. The van der Waals surface area contributed by atoms with Crippen LogP contribution in [-0.4, -0.2) is 33.9 Å². The van der Waals surface area contributed by atoms with Crippen LogP contribution in [0.15, 0.2) is 0 Å². The van der Waals surface area contributed by atoms with Crippen LogP contribution in [0.1, 0.15) is 30.6 Å². The van der Waals surface area contributed by atoms with Crippen molar-refractivity contribution in [2.75, 3.05) is 7.11 Å². The SMILES string of the molecule is COc1c([C@@H](CC(=O)O)NC(C)=O)c(C)nn1C. The predicted molar refractivity (Wildman–Crippen MR) is 63.3 cm³/mol. The molecular formula is C11H17N3O4. The number of aliphatic carboxylic acids is 1. The van der Waals surface area contributed by atoms with Gasteiger partial charge in [0.1, 0.15) is 0 Å². The molecule has 0 fully saturated rings. The van der Waals surface area contributed by atoms with Crippen molar-refractivity contribution in [2.24, 2.45) is 7.05 Å². The van der Waals surface area contributed by atoms with Crippen LogP contribution in [0, 0.1) is 6.92 Å². The maximum Gasteiger partial charge on any atom is 0.305 e. The molecule has 0 spiro atoms. The van der Waals surface area contributed by atoms with Gasteiger partial charge in [-0.05, 0) is 6.92 Å². The van der Waals surface area contributed by atoms with Crippen molar-refractivity contribution in [2.45, 2.75) is 26.3 Å². The summed E-state index contributed by atoms with van der Waals surface area (Å²) in [4.78, 5) is 22.0. The highest BCUT2D eigenvalue weighted by Gasteiger charge is 2.26. The number of nitrogens with zero attached hydrogens (tertiary/aromatic N) is 2. The van der Waals surface area contributed by atoms with Gasteiger partial charge >= 0.3 is 5.97 Å². The predicted octanol–water partition coefficient (Wildman–Crippen LogP) is 0.389. The molecule has 0 aliphatic heterocycles. The quantitative estimate of drug-likeness (QED) is 0.793. The van der Waals surface area contributed by atoms with Gasteiger partial charge in [-0.3, -0.25) is 9.59 Å². The fraction of sp³-hybridized carbons (Fsp3) is 0.545. The molecule has 0 aliphatic carbocycles. The van der Waals surface area contributed by atoms with Gasteiger partial charge in [0.25, 0.3) is 0 Å². The lowest BCUT2D eigenvalue weighted by atomic mass is 10.0. The third-order valence-electron chi connectivity index (χ3n) is 2.51. The van der Waals surface area contributed by atoms with Gasteiger partial charge in [0.05, 0.1) is 30.8 Å². The van der Waals surface area contributed by atoms with E-state index in [-0.39, 0.29) is 12.3 Å². The van der Waals surface area contributed by atoms with Gasteiger partial charge in [-0.15, -0.1) is 0 Å².